The van der Waals surface area contributed by atoms with Crippen molar-refractivity contribution in [3.05, 3.63) is 69.6 Å². The molecule has 2 aromatic carbocycles. The standard InChI is InChI=1S/C20H16ClN3O3/c1-2-27-20(26)11-6-7-14-15(8-11)24-18-17(14)16(10-22-19(18)25)23-13-5-3-4-12(21)9-13/h3-10,23-24H,2H2,1H3,(H,22,25). The number of nitrogens with one attached hydrogen (secondary N) is 3. The highest BCUT2D eigenvalue weighted by Crippen LogP contribution is 2.32. The van der Waals surface area contributed by atoms with Crippen molar-refractivity contribution in [3.8, 4) is 0 Å². The van der Waals surface area contributed by atoms with Crippen LogP contribution >= 0.6 is 11.6 Å². The highest BCUT2D eigenvalue weighted by atomic mass is 35.5. The van der Waals surface area contributed by atoms with Crippen molar-refractivity contribution < 1.29 is 9.53 Å². The second-order valence-corrected chi connectivity index (χ2v) is 6.46. The van der Waals surface area contributed by atoms with Crippen LogP contribution < -0.4 is 10.9 Å². The summed E-state index contributed by atoms with van der Waals surface area (Å²) in [6.07, 6.45) is 1.62. The average Bonchev–Trinajstić information content (AvgIpc) is 3.04. The zero-order valence-electron chi connectivity index (χ0n) is 14.4. The van der Waals surface area contributed by atoms with Crippen molar-refractivity contribution >= 4 is 50.8 Å². The topological polar surface area (TPSA) is 87.0 Å². The Morgan fingerprint density at radius 2 is 2.07 bits per heavy atom. The van der Waals surface area contributed by atoms with E-state index in [2.05, 4.69) is 15.3 Å². The molecule has 0 saturated heterocycles. The minimum atomic E-state index is -0.399. The Morgan fingerprint density at radius 1 is 1.22 bits per heavy atom. The number of H-pyrrole nitrogens is 2. The van der Waals surface area contributed by atoms with Gasteiger partial charge in [0, 0.05) is 33.2 Å². The van der Waals surface area contributed by atoms with Crippen molar-refractivity contribution in [2.75, 3.05) is 11.9 Å². The van der Waals surface area contributed by atoms with Crippen molar-refractivity contribution in [1.82, 2.24) is 9.97 Å². The molecule has 27 heavy (non-hydrogen) atoms. The van der Waals surface area contributed by atoms with E-state index in [0.717, 1.165) is 22.1 Å². The van der Waals surface area contributed by atoms with Crippen molar-refractivity contribution in [1.29, 1.82) is 0 Å². The summed E-state index contributed by atoms with van der Waals surface area (Å²) in [5, 5.41) is 5.46. The van der Waals surface area contributed by atoms with Crippen LogP contribution in [0, 0.1) is 0 Å². The molecular weight excluding hydrogens is 366 g/mol. The van der Waals surface area contributed by atoms with Crippen LogP contribution in [0.5, 0.6) is 0 Å². The summed E-state index contributed by atoms with van der Waals surface area (Å²) in [6.45, 7) is 2.06. The minimum absolute atomic E-state index is 0.240. The molecule has 2 heterocycles. The lowest BCUT2D eigenvalue weighted by Gasteiger charge is -2.08. The molecule has 7 heteroatoms. The summed E-state index contributed by atoms with van der Waals surface area (Å²) in [5.74, 6) is -0.399. The number of ether oxygens (including phenoxy) is 1. The summed E-state index contributed by atoms with van der Waals surface area (Å²) in [7, 11) is 0. The van der Waals surface area contributed by atoms with Crippen LogP contribution in [0.4, 0.5) is 11.4 Å². The Hall–Kier alpha value is -3.25. The lowest BCUT2D eigenvalue weighted by molar-refractivity contribution is 0.0526. The molecule has 0 bridgehead atoms. The lowest BCUT2D eigenvalue weighted by atomic mass is 10.1. The van der Waals surface area contributed by atoms with E-state index in [-0.39, 0.29) is 5.56 Å². The van der Waals surface area contributed by atoms with E-state index in [1.54, 1.807) is 37.4 Å². The Labute approximate surface area is 159 Å². The third-order valence-corrected chi connectivity index (χ3v) is 4.49. The first-order valence-corrected chi connectivity index (χ1v) is 8.81. The Bertz CT molecular complexity index is 1230. The summed E-state index contributed by atoms with van der Waals surface area (Å²) in [6, 6.07) is 12.5. The molecule has 4 aromatic rings. The molecule has 3 N–H and O–H groups in total. The second kappa shape index (κ2) is 6.81. The van der Waals surface area contributed by atoms with Gasteiger partial charge >= 0.3 is 5.97 Å². The number of benzene rings is 2. The summed E-state index contributed by atoms with van der Waals surface area (Å²) < 4.78 is 5.04. The molecule has 4 rings (SSSR count). The average molecular weight is 382 g/mol. The van der Waals surface area contributed by atoms with Gasteiger partial charge in [0.1, 0.15) is 5.52 Å². The Morgan fingerprint density at radius 3 is 2.85 bits per heavy atom. The van der Waals surface area contributed by atoms with Gasteiger partial charge in [-0.15, -0.1) is 0 Å². The van der Waals surface area contributed by atoms with E-state index < -0.39 is 5.97 Å². The number of anilines is 2. The summed E-state index contributed by atoms with van der Waals surface area (Å²) >= 11 is 6.05. The van der Waals surface area contributed by atoms with Gasteiger partial charge in [0.25, 0.3) is 5.56 Å². The van der Waals surface area contributed by atoms with Crippen LogP contribution in [0.25, 0.3) is 21.8 Å². The van der Waals surface area contributed by atoms with E-state index in [0.29, 0.717) is 28.2 Å². The molecule has 0 unspecified atom stereocenters. The number of hydrogen-bond donors (Lipinski definition) is 3. The summed E-state index contributed by atoms with van der Waals surface area (Å²) in [5.41, 5.74) is 2.82. The number of hydrogen-bond acceptors (Lipinski definition) is 4. The molecule has 0 amide bonds. The van der Waals surface area contributed by atoms with Crippen LogP contribution in [0.1, 0.15) is 17.3 Å². The third kappa shape index (κ3) is 3.15. The smallest absolute Gasteiger partial charge is 0.338 e. The first-order chi connectivity index (χ1) is 13.1. The number of aromatic nitrogens is 2. The van der Waals surface area contributed by atoms with Gasteiger partial charge in [-0.1, -0.05) is 23.7 Å². The largest absolute Gasteiger partial charge is 0.462 e. The van der Waals surface area contributed by atoms with Gasteiger partial charge in [-0.05, 0) is 37.3 Å². The molecule has 0 fully saturated rings. The molecule has 136 valence electrons. The molecule has 0 spiro atoms. The lowest BCUT2D eigenvalue weighted by Crippen LogP contribution is -2.06. The fourth-order valence-corrected chi connectivity index (χ4v) is 3.28. The van der Waals surface area contributed by atoms with Crippen molar-refractivity contribution in [2.45, 2.75) is 6.92 Å². The quantitative estimate of drug-likeness (QED) is 0.451. The first-order valence-electron chi connectivity index (χ1n) is 8.43. The van der Waals surface area contributed by atoms with Gasteiger partial charge in [-0.2, -0.15) is 0 Å². The first kappa shape index (κ1) is 17.2. The van der Waals surface area contributed by atoms with Gasteiger partial charge in [-0.25, -0.2) is 4.79 Å². The SMILES string of the molecule is CCOC(=O)c1ccc2c(c1)[nH]c1c(=O)[nH]cc(Nc3cccc(Cl)c3)c12. The van der Waals surface area contributed by atoms with Crippen molar-refractivity contribution in [3.63, 3.8) is 0 Å². The fraction of sp³-hybridized carbons (Fsp3) is 0.100. The van der Waals surface area contributed by atoms with Crippen LogP contribution in [0.3, 0.4) is 0 Å². The van der Waals surface area contributed by atoms with Gasteiger partial charge in [0.05, 0.1) is 17.9 Å². The number of carbonyl (C=O) groups is 1. The van der Waals surface area contributed by atoms with Crippen molar-refractivity contribution in [2.24, 2.45) is 0 Å². The molecule has 0 atom stereocenters. The third-order valence-electron chi connectivity index (χ3n) is 4.26. The maximum Gasteiger partial charge on any atom is 0.338 e. The van der Waals surface area contributed by atoms with Crippen LogP contribution in [-0.4, -0.2) is 22.5 Å². The maximum absolute atomic E-state index is 12.3. The maximum atomic E-state index is 12.3. The molecule has 0 saturated carbocycles. The molecule has 6 nitrogen and oxygen atoms in total. The molecule has 2 aromatic heterocycles. The number of rotatable bonds is 4. The predicted octanol–water partition coefficient (Wildman–Crippen LogP) is 4.58. The number of esters is 1. The van der Waals surface area contributed by atoms with E-state index in [9.17, 15) is 9.59 Å². The highest BCUT2D eigenvalue weighted by Gasteiger charge is 2.15. The molecule has 0 aliphatic carbocycles. The normalized spacial score (nSPS) is 11.0. The van der Waals surface area contributed by atoms with E-state index >= 15 is 0 Å². The molecule has 0 radical (unpaired) electrons. The van der Waals surface area contributed by atoms with Gasteiger partial charge in [-0.3, -0.25) is 4.79 Å². The van der Waals surface area contributed by atoms with E-state index in [4.69, 9.17) is 16.3 Å². The van der Waals surface area contributed by atoms with Gasteiger partial charge < -0.3 is 20.0 Å². The van der Waals surface area contributed by atoms with E-state index in [1.807, 2.05) is 18.2 Å². The van der Waals surface area contributed by atoms with Gasteiger partial charge in [0.2, 0.25) is 0 Å². The Kier molecular flexibility index (Phi) is 4.33. The molecule has 0 aliphatic heterocycles. The number of aromatic amines is 2. The van der Waals surface area contributed by atoms with Crippen LogP contribution in [0.2, 0.25) is 5.02 Å². The highest BCUT2D eigenvalue weighted by molar-refractivity contribution is 6.30. The minimum Gasteiger partial charge on any atom is -0.462 e. The summed E-state index contributed by atoms with van der Waals surface area (Å²) in [4.78, 5) is 30.1. The monoisotopic (exact) mass is 381 g/mol. The number of fused-ring (bicyclic) bond motifs is 3. The Balaban J connectivity index is 1.88. The fourth-order valence-electron chi connectivity index (χ4n) is 3.09. The predicted molar refractivity (Wildman–Crippen MR) is 107 cm³/mol. The molecule has 0 aliphatic rings. The zero-order chi connectivity index (χ0) is 19.0. The van der Waals surface area contributed by atoms with Crippen LogP contribution in [0.15, 0.2) is 53.5 Å². The van der Waals surface area contributed by atoms with E-state index in [1.165, 1.54) is 0 Å². The second-order valence-electron chi connectivity index (χ2n) is 6.02. The zero-order valence-corrected chi connectivity index (χ0v) is 15.2. The number of carbonyl (C=O) groups excluding carboxylic acids is 1. The van der Waals surface area contributed by atoms with Crippen LogP contribution in [-0.2, 0) is 4.74 Å². The van der Waals surface area contributed by atoms with Gasteiger partial charge in [0.15, 0.2) is 0 Å². The molecular formula is C20H16ClN3O3. The number of pyridine rings is 1. The number of halogens is 1.